The van der Waals surface area contributed by atoms with E-state index in [2.05, 4.69) is 11.4 Å². The Morgan fingerprint density at radius 2 is 1.83 bits per heavy atom. The third-order valence-corrected chi connectivity index (χ3v) is 5.17. The SMILES string of the molecule is N#CC1(C(=O)Nc2ccc(OC3CCCCC3O)cc2)CCCC1. The first-order chi connectivity index (χ1) is 11.6. The Bertz CT molecular complexity index is 614. The highest BCUT2D eigenvalue weighted by Crippen LogP contribution is 2.38. The molecule has 2 aliphatic rings. The van der Waals surface area contributed by atoms with Crippen molar-refractivity contribution in [1.82, 2.24) is 0 Å². The summed E-state index contributed by atoms with van der Waals surface area (Å²) in [5.41, 5.74) is -0.209. The van der Waals surface area contributed by atoms with Gasteiger partial charge in [0.25, 0.3) is 0 Å². The zero-order valence-corrected chi connectivity index (χ0v) is 13.8. The molecule has 2 aliphatic carbocycles. The fraction of sp³-hybridized carbons (Fsp3) is 0.579. The lowest BCUT2D eigenvalue weighted by atomic mass is 9.87. The average molecular weight is 328 g/mol. The Labute approximate surface area is 142 Å². The highest BCUT2D eigenvalue weighted by atomic mass is 16.5. The van der Waals surface area contributed by atoms with Gasteiger partial charge in [0.1, 0.15) is 17.3 Å². The van der Waals surface area contributed by atoms with Crippen molar-refractivity contribution in [1.29, 1.82) is 5.26 Å². The number of ether oxygens (including phenoxy) is 1. The van der Waals surface area contributed by atoms with Crippen molar-refractivity contribution in [3.05, 3.63) is 24.3 Å². The van der Waals surface area contributed by atoms with E-state index in [4.69, 9.17) is 4.74 Å². The number of benzene rings is 1. The maximum Gasteiger partial charge on any atom is 0.244 e. The smallest absolute Gasteiger partial charge is 0.244 e. The lowest BCUT2D eigenvalue weighted by Gasteiger charge is -2.28. The molecule has 1 aromatic carbocycles. The average Bonchev–Trinajstić information content (AvgIpc) is 3.09. The Hall–Kier alpha value is -2.06. The highest BCUT2D eigenvalue weighted by molar-refractivity contribution is 5.97. The summed E-state index contributed by atoms with van der Waals surface area (Å²) in [7, 11) is 0. The highest BCUT2D eigenvalue weighted by Gasteiger charge is 2.41. The van der Waals surface area contributed by atoms with E-state index in [9.17, 15) is 15.2 Å². The summed E-state index contributed by atoms with van der Waals surface area (Å²) >= 11 is 0. The maximum atomic E-state index is 12.4. The van der Waals surface area contributed by atoms with Crippen molar-refractivity contribution in [3.63, 3.8) is 0 Å². The van der Waals surface area contributed by atoms with Gasteiger partial charge in [-0.3, -0.25) is 4.79 Å². The van der Waals surface area contributed by atoms with Crippen molar-refractivity contribution in [3.8, 4) is 11.8 Å². The van der Waals surface area contributed by atoms with E-state index in [1.54, 1.807) is 24.3 Å². The molecule has 0 spiro atoms. The molecule has 2 N–H and O–H groups in total. The summed E-state index contributed by atoms with van der Waals surface area (Å²) in [5, 5.41) is 22.2. The van der Waals surface area contributed by atoms with Crippen LogP contribution in [0.2, 0.25) is 0 Å². The van der Waals surface area contributed by atoms with Crippen LogP contribution < -0.4 is 10.1 Å². The van der Waals surface area contributed by atoms with Crippen LogP contribution in [0.5, 0.6) is 5.75 Å². The quantitative estimate of drug-likeness (QED) is 0.887. The number of nitrogens with zero attached hydrogens (tertiary/aromatic N) is 1. The zero-order chi connectivity index (χ0) is 17.0. The maximum absolute atomic E-state index is 12.4. The minimum Gasteiger partial charge on any atom is -0.488 e. The van der Waals surface area contributed by atoms with Crippen LogP contribution in [-0.4, -0.2) is 23.2 Å². The van der Waals surface area contributed by atoms with Gasteiger partial charge in [0.05, 0.1) is 12.2 Å². The lowest BCUT2D eigenvalue weighted by Crippen LogP contribution is -2.34. The Balaban J connectivity index is 1.60. The summed E-state index contributed by atoms with van der Waals surface area (Å²) in [6, 6.07) is 9.36. The van der Waals surface area contributed by atoms with E-state index in [1.165, 1.54) is 0 Å². The van der Waals surface area contributed by atoms with Crippen molar-refractivity contribution in [2.24, 2.45) is 5.41 Å². The zero-order valence-electron chi connectivity index (χ0n) is 13.8. The third kappa shape index (κ3) is 3.54. The second-order valence-electron chi connectivity index (χ2n) is 6.89. The number of amides is 1. The van der Waals surface area contributed by atoms with Crippen molar-refractivity contribution >= 4 is 11.6 Å². The number of rotatable bonds is 4. The van der Waals surface area contributed by atoms with Crippen LogP contribution in [0, 0.1) is 16.7 Å². The molecule has 0 aliphatic heterocycles. The van der Waals surface area contributed by atoms with Gasteiger partial charge in [-0.2, -0.15) is 5.26 Å². The number of hydrogen-bond donors (Lipinski definition) is 2. The number of nitrogens with one attached hydrogen (secondary N) is 1. The molecule has 2 unspecified atom stereocenters. The van der Waals surface area contributed by atoms with Gasteiger partial charge in [0.2, 0.25) is 5.91 Å². The van der Waals surface area contributed by atoms with Crippen molar-refractivity contribution < 1.29 is 14.6 Å². The van der Waals surface area contributed by atoms with Gasteiger partial charge >= 0.3 is 0 Å². The van der Waals surface area contributed by atoms with Gasteiger partial charge in [-0.1, -0.05) is 19.3 Å². The lowest BCUT2D eigenvalue weighted by molar-refractivity contribution is -0.122. The van der Waals surface area contributed by atoms with Crippen molar-refractivity contribution in [2.45, 2.75) is 63.6 Å². The molecule has 5 nitrogen and oxygen atoms in total. The van der Waals surface area contributed by atoms with Crippen LogP contribution in [0.3, 0.4) is 0 Å². The first-order valence-electron chi connectivity index (χ1n) is 8.80. The molecule has 1 aromatic rings. The summed E-state index contributed by atoms with van der Waals surface area (Å²) in [6.45, 7) is 0. The Morgan fingerprint density at radius 1 is 1.17 bits per heavy atom. The standard InChI is InChI=1S/C19H24N2O3/c20-13-19(11-3-4-12-19)18(23)21-14-7-9-15(10-8-14)24-17-6-2-1-5-16(17)22/h7-10,16-17,22H,1-6,11-12H2,(H,21,23). The molecule has 24 heavy (non-hydrogen) atoms. The van der Waals surface area contributed by atoms with Crippen LogP contribution in [0.15, 0.2) is 24.3 Å². The third-order valence-electron chi connectivity index (χ3n) is 5.17. The Kier molecular flexibility index (Phi) is 5.06. The number of anilines is 1. The largest absolute Gasteiger partial charge is 0.488 e. The minimum atomic E-state index is -0.874. The van der Waals surface area contributed by atoms with Crippen LogP contribution in [-0.2, 0) is 4.79 Å². The van der Waals surface area contributed by atoms with E-state index in [1.807, 2.05) is 0 Å². The molecule has 3 rings (SSSR count). The predicted octanol–water partition coefficient (Wildman–Crippen LogP) is 3.39. The second kappa shape index (κ2) is 7.23. The number of carbonyl (C=O) groups is 1. The van der Waals surface area contributed by atoms with Gasteiger partial charge in [0.15, 0.2) is 0 Å². The summed E-state index contributed by atoms with van der Waals surface area (Å²) in [6.07, 6.45) is 6.34. The van der Waals surface area contributed by atoms with E-state index in [0.717, 1.165) is 38.5 Å². The molecule has 0 aromatic heterocycles. The number of aliphatic hydroxyl groups is 1. The number of nitriles is 1. The van der Waals surface area contributed by atoms with Crippen LogP contribution >= 0.6 is 0 Å². The van der Waals surface area contributed by atoms with E-state index in [0.29, 0.717) is 24.3 Å². The van der Waals surface area contributed by atoms with Gasteiger partial charge in [-0.25, -0.2) is 0 Å². The summed E-state index contributed by atoms with van der Waals surface area (Å²) in [4.78, 5) is 12.4. The molecule has 2 saturated carbocycles. The molecule has 0 bridgehead atoms. The minimum absolute atomic E-state index is 0.153. The molecular weight excluding hydrogens is 304 g/mol. The molecular formula is C19H24N2O3. The molecule has 1 amide bonds. The normalized spacial score (nSPS) is 25.7. The second-order valence-corrected chi connectivity index (χ2v) is 6.89. The van der Waals surface area contributed by atoms with Crippen molar-refractivity contribution in [2.75, 3.05) is 5.32 Å². The predicted molar refractivity (Wildman–Crippen MR) is 90.5 cm³/mol. The molecule has 0 radical (unpaired) electrons. The molecule has 0 heterocycles. The summed E-state index contributed by atoms with van der Waals surface area (Å²) in [5.74, 6) is 0.480. The van der Waals surface area contributed by atoms with Crippen LogP contribution in [0.25, 0.3) is 0 Å². The molecule has 5 heteroatoms. The number of aliphatic hydroxyl groups excluding tert-OH is 1. The van der Waals surface area contributed by atoms with Gasteiger partial charge in [-0.05, 0) is 56.4 Å². The molecule has 2 fully saturated rings. The van der Waals surface area contributed by atoms with Crippen LogP contribution in [0.4, 0.5) is 5.69 Å². The fourth-order valence-corrected chi connectivity index (χ4v) is 3.63. The first-order valence-corrected chi connectivity index (χ1v) is 8.80. The summed E-state index contributed by atoms with van der Waals surface area (Å²) < 4.78 is 5.85. The number of hydrogen-bond acceptors (Lipinski definition) is 4. The Morgan fingerprint density at radius 3 is 2.46 bits per heavy atom. The molecule has 0 saturated heterocycles. The van der Waals surface area contributed by atoms with E-state index >= 15 is 0 Å². The van der Waals surface area contributed by atoms with E-state index in [-0.39, 0.29) is 12.0 Å². The first kappa shape index (κ1) is 16.8. The fourth-order valence-electron chi connectivity index (χ4n) is 3.63. The monoisotopic (exact) mass is 328 g/mol. The number of carbonyl (C=O) groups excluding carboxylic acids is 1. The van der Waals surface area contributed by atoms with Gasteiger partial charge in [0, 0.05) is 5.69 Å². The van der Waals surface area contributed by atoms with Gasteiger partial charge < -0.3 is 15.2 Å². The molecule has 128 valence electrons. The topological polar surface area (TPSA) is 82.4 Å². The van der Waals surface area contributed by atoms with Gasteiger partial charge in [-0.15, -0.1) is 0 Å². The molecule has 2 atom stereocenters. The van der Waals surface area contributed by atoms with Crippen LogP contribution in [0.1, 0.15) is 51.4 Å². The van der Waals surface area contributed by atoms with E-state index < -0.39 is 11.5 Å².